The number of nitrogens with two attached hydrogens (primary N) is 1. The van der Waals surface area contributed by atoms with E-state index in [1.165, 1.54) is 24.3 Å². The number of sulfonamides is 2. The van der Waals surface area contributed by atoms with Crippen molar-refractivity contribution in [2.75, 3.05) is 6.54 Å². The number of amides is 1. The van der Waals surface area contributed by atoms with Crippen LogP contribution in [-0.4, -0.2) is 45.0 Å². The molecule has 4 N–H and O–H groups in total. The van der Waals surface area contributed by atoms with E-state index < -0.39 is 32.0 Å². The van der Waals surface area contributed by atoms with Gasteiger partial charge in [0.1, 0.15) is 6.04 Å². The molecule has 2 aromatic rings. The number of carbonyl (C=O) groups excluding carboxylic acids is 1. The third-order valence-electron chi connectivity index (χ3n) is 4.44. The summed E-state index contributed by atoms with van der Waals surface area (Å²) in [5.41, 5.74) is 7.00. The van der Waals surface area contributed by atoms with E-state index in [2.05, 4.69) is 4.72 Å². The second-order valence-corrected chi connectivity index (χ2v) is 10.4. The van der Waals surface area contributed by atoms with Crippen LogP contribution in [0.2, 0.25) is 0 Å². The van der Waals surface area contributed by atoms with Gasteiger partial charge < -0.3 is 5.73 Å². The summed E-state index contributed by atoms with van der Waals surface area (Å²) in [7, 11) is -8.11. The Morgan fingerprint density at radius 1 is 0.967 bits per heavy atom. The van der Waals surface area contributed by atoms with Gasteiger partial charge in [-0.3, -0.25) is 10.0 Å². The lowest BCUT2D eigenvalue weighted by Gasteiger charge is -2.23. The first-order chi connectivity index (χ1) is 13.9. The summed E-state index contributed by atoms with van der Waals surface area (Å²) in [4.78, 5) is 11.6. The maximum absolute atomic E-state index is 12.6. The third kappa shape index (κ3) is 5.86. The second-order valence-electron chi connectivity index (χ2n) is 6.86. The van der Waals surface area contributed by atoms with Gasteiger partial charge in [-0.2, -0.15) is 0 Å². The monoisotopic (exact) mass is 455 g/mol. The van der Waals surface area contributed by atoms with Crippen molar-refractivity contribution in [2.45, 2.75) is 42.5 Å². The molecule has 164 valence electrons. The number of nitrogens with zero attached hydrogens (tertiary/aromatic N) is 1. The highest BCUT2D eigenvalue weighted by Crippen LogP contribution is 2.19. The van der Waals surface area contributed by atoms with Crippen LogP contribution in [-0.2, 0) is 24.8 Å². The van der Waals surface area contributed by atoms with Crippen molar-refractivity contribution in [1.29, 1.82) is 0 Å². The predicted octanol–water partition coefficient (Wildman–Crippen LogP) is 1.30. The fraction of sp³-hybridized carbons (Fsp3) is 0.316. The third-order valence-corrected chi connectivity index (χ3v) is 7.53. The minimum atomic E-state index is -4.36. The van der Waals surface area contributed by atoms with Gasteiger partial charge in [-0.15, -0.1) is 0 Å². The molecule has 2 aromatic carbocycles. The van der Waals surface area contributed by atoms with Crippen LogP contribution in [0.1, 0.15) is 24.0 Å². The molecule has 0 aliphatic carbocycles. The molecule has 9 nitrogen and oxygen atoms in total. The second kappa shape index (κ2) is 9.67. The predicted molar refractivity (Wildman–Crippen MR) is 111 cm³/mol. The molecule has 0 aliphatic rings. The lowest BCUT2D eigenvalue weighted by Crippen LogP contribution is -2.46. The van der Waals surface area contributed by atoms with E-state index in [1.54, 1.807) is 31.2 Å². The van der Waals surface area contributed by atoms with Crippen LogP contribution in [0.3, 0.4) is 0 Å². The quantitative estimate of drug-likeness (QED) is 0.363. The van der Waals surface area contributed by atoms with Gasteiger partial charge >= 0.3 is 0 Å². The van der Waals surface area contributed by atoms with Crippen LogP contribution in [0.15, 0.2) is 58.3 Å². The molecule has 0 saturated heterocycles. The molecule has 1 unspecified atom stereocenters. The van der Waals surface area contributed by atoms with E-state index in [9.17, 15) is 26.8 Å². The first-order valence-corrected chi connectivity index (χ1v) is 12.0. The van der Waals surface area contributed by atoms with Gasteiger partial charge in [0.15, 0.2) is 0 Å². The average molecular weight is 456 g/mol. The van der Waals surface area contributed by atoms with Gasteiger partial charge in [0.05, 0.1) is 9.79 Å². The van der Waals surface area contributed by atoms with Crippen LogP contribution in [0.25, 0.3) is 0 Å². The Morgan fingerprint density at radius 3 is 1.90 bits per heavy atom. The Kier molecular flexibility index (Phi) is 7.72. The SMILES string of the molecule is Cc1ccc(S(=O)(=O)NCCCC(C(N)=O)N(O)S(=O)(=O)c2ccc(C)cc2)cc1. The van der Waals surface area contributed by atoms with Crippen molar-refractivity contribution < 1.29 is 26.8 Å². The van der Waals surface area contributed by atoms with Crippen LogP contribution in [0.4, 0.5) is 0 Å². The van der Waals surface area contributed by atoms with Gasteiger partial charge in [-0.05, 0) is 51.0 Å². The number of primary amides is 1. The van der Waals surface area contributed by atoms with E-state index in [1.807, 2.05) is 6.92 Å². The van der Waals surface area contributed by atoms with Crippen molar-refractivity contribution in [1.82, 2.24) is 9.19 Å². The number of nitrogens with one attached hydrogen (secondary N) is 1. The van der Waals surface area contributed by atoms with Crippen LogP contribution >= 0.6 is 0 Å². The van der Waals surface area contributed by atoms with Crippen molar-refractivity contribution in [2.24, 2.45) is 5.73 Å². The van der Waals surface area contributed by atoms with Crippen LogP contribution in [0, 0.1) is 13.8 Å². The number of benzene rings is 2. The molecule has 2 rings (SSSR count). The Balaban J connectivity index is 2.03. The zero-order valence-electron chi connectivity index (χ0n) is 16.6. The van der Waals surface area contributed by atoms with E-state index in [0.717, 1.165) is 11.1 Å². The molecule has 0 fully saturated rings. The van der Waals surface area contributed by atoms with Gasteiger partial charge in [0.2, 0.25) is 15.9 Å². The fourth-order valence-electron chi connectivity index (χ4n) is 2.65. The summed E-state index contributed by atoms with van der Waals surface area (Å²) in [6.45, 7) is 3.54. The molecule has 0 heterocycles. The zero-order valence-corrected chi connectivity index (χ0v) is 18.3. The minimum Gasteiger partial charge on any atom is -0.368 e. The zero-order chi connectivity index (χ0) is 22.5. The fourth-order valence-corrected chi connectivity index (χ4v) is 4.96. The van der Waals surface area contributed by atoms with Crippen LogP contribution < -0.4 is 10.5 Å². The molecule has 11 heteroatoms. The van der Waals surface area contributed by atoms with Crippen molar-refractivity contribution in [3.05, 3.63) is 59.7 Å². The van der Waals surface area contributed by atoms with E-state index >= 15 is 0 Å². The summed E-state index contributed by atoms with van der Waals surface area (Å²) in [5.74, 6) is -1.05. The topological polar surface area (TPSA) is 147 Å². The van der Waals surface area contributed by atoms with Gasteiger partial charge in [-0.25, -0.2) is 21.6 Å². The molecule has 0 bridgehead atoms. The maximum Gasteiger partial charge on any atom is 0.265 e. The highest BCUT2D eigenvalue weighted by atomic mass is 32.2. The highest BCUT2D eigenvalue weighted by Gasteiger charge is 2.33. The Labute approximate surface area is 176 Å². The minimum absolute atomic E-state index is 0.0610. The molecule has 30 heavy (non-hydrogen) atoms. The molecular weight excluding hydrogens is 430 g/mol. The molecule has 1 amide bonds. The summed E-state index contributed by atoms with van der Waals surface area (Å²) in [6, 6.07) is 10.4. The first-order valence-electron chi connectivity index (χ1n) is 9.11. The smallest absolute Gasteiger partial charge is 0.265 e. The number of hydrogen-bond donors (Lipinski definition) is 3. The molecular formula is C19H25N3O6S2. The summed E-state index contributed by atoms with van der Waals surface area (Å²) in [6.07, 6.45) is -0.105. The average Bonchev–Trinajstić information content (AvgIpc) is 2.68. The van der Waals surface area contributed by atoms with E-state index in [0.29, 0.717) is 0 Å². The molecule has 0 saturated carbocycles. The number of hydrogen-bond acceptors (Lipinski definition) is 6. The molecule has 0 spiro atoms. The Hall–Kier alpha value is -2.31. The Morgan fingerprint density at radius 2 is 1.43 bits per heavy atom. The molecule has 1 atom stereocenters. The summed E-state index contributed by atoms with van der Waals surface area (Å²) in [5, 5.41) is 10.2. The summed E-state index contributed by atoms with van der Waals surface area (Å²) >= 11 is 0. The number of hydroxylamine groups is 1. The van der Waals surface area contributed by atoms with Crippen LogP contribution in [0.5, 0.6) is 0 Å². The van der Waals surface area contributed by atoms with E-state index in [4.69, 9.17) is 5.73 Å². The van der Waals surface area contributed by atoms with Gasteiger partial charge in [-0.1, -0.05) is 39.9 Å². The lowest BCUT2D eigenvalue weighted by atomic mass is 10.1. The lowest BCUT2D eigenvalue weighted by molar-refractivity contribution is -0.131. The van der Waals surface area contributed by atoms with Crippen molar-refractivity contribution >= 4 is 26.0 Å². The largest absolute Gasteiger partial charge is 0.368 e. The van der Waals surface area contributed by atoms with E-state index in [-0.39, 0.29) is 33.6 Å². The molecule has 0 aliphatic heterocycles. The standard InChI is InChI=1S/C19H25N3O6S2/c1-14-5-9-16(10-6-14)29(25,26)21-13-3-4-18(19(20)23)22(24)30(27,28)17-11-7-15(2)8-12-17/h5-12,18,21,24H,3-4,13H2,1-2H3,(H2,20,23). The molecule has 0 aromatic heterocycles. The van der Waals surface area contributed by atoms with Gasteiger partial charge in [0, 0.05) is 6.54 Å². The first kappa shape index (κ1) is 24.0. The maximum atomic E-state index is 12.6. The normalized spacial score (nSPS) is 13.3. The van der Waals surface area contributed by atoms with Crippen molar-refractivity contribution in [3.63, 3.8) is 0 Å². The Bertz CT molecular complexity index is 1080. The highest BCUT2D eigenvalue weighted by molar-refractivity contribution is 7.89. The summed E-state index contributed by atoms with van der Waals surface area (Å²) < 4.78 is 52.0. The number of rotatable bonds is 10. The number of aryl methyl sites for hydroxylation is 2. The number of carbonyl (C=O) groups is 1. The van der Waals surface area contributed by atoms with Gasteiger partial charge in [0.25, 0.3) is 10.0 Å². The van der Waals surface area contributed by atoms with Crippen molar-refractivity contribution in [3.8, 4) is 0 Å². The molecule has 0 radical (unpaired) electrons.